The van der Waals surface area contributed by atoms with E-state index in [9.17, 15) is 0 Å². The van der Waals surface area contributed by atoms with Crippen molar-refractivity contribution in [3.05, 3.63) is 0 Å². The van der Waals surface area contributed by atoms with Gasteiger partial charge in [-0.15, -0.1) is 0 Å². The molecule has 0 radical (unpaired) electrons. The molecule has 0 aromatic rings. The van der Waals surface area contributed by atoms with Crippen LogP contribution in [0, 0.1) is 11.3 Å². The van der Waals surface area contributed by atoms with Gasteiger partial charge in [-0.1, -0.05) is 40.5 Å². The van der Waals surface area contributed by atoms with Crippen LogP contribution in [0.1, 0.15) is 59.8 Å². The van der Waals surface area contributed by atoms with Crippen LogP contribution in [0.5, 0.6) is 0 Å². The fourth-order valence-electron chi connectivity index (χ4n) is 2.87. The van der Waals surface area contributed by atoms with Gasteiger partial charge in [-0.3, -0.25) is 0 Å². The highest BCUT2D eigenvalue weighted by molar-refractivity contribution is 4.83. The number of hydrogen-bond donors (Lipinski definition) is 0. The molecule has 0 aromatic carbocycles. The number of unbranched alkanes of at least 4 members (excludes halogenated alkanes) is 1. The maximum atomic E-state index is 2.59. The minimum absolute atomic E-state index is 0.579. The first-order chi connectivity index (χ1) is 7.10. The van der Waals surface area contributed by atoms with Crippen molar-refractivity contribution in [3.8, 4) is 0 Å². The van der Waals surface area contributed by atoms with Gasteiger partial charge in [-0.05, 0) is 50.2 Å². The summed E-state index contributed by atoms with van der Waals surface area (Å²) in [5.41, 5.74) is 0.579. The van der Waals surface area contributed by atoms with E-state index in [0.29, 0.717) is 5.41 Å². The highest BCUT2D eigenvalue weighted by Gasteiger charge is 2.31. The fourth-order valence-corrected chi connectivity index (χ4v) is 2.87. The number of hydrogen-bond acceptors (Lipinski definition) is 1. The zero-order chi connectivity index (χ0) is 11.3. The third kappa shape index (κ3) is 3.79. The second-order valence-corrected chi connectivity index (χ2v) is 5.80. The van der Waals surface area contributed by atoms with E-state index in [1.54, 1.807) is 0 Å². The third-order valence-corrected chi connectivity index (χ3v) is 4.31. The molecule has 0 amide bonds. The summed E-state index contributed by atoms with van der Waals surface area (Å²) in [7, 11) is 0. The monoisotopic (exact) mass is 211 g/mol. The molecule has 1 aliphatic heterocycles. The Kier molecular flexibility index (Phi) is 5.11. The molecule has 0 aliphatic carbocycles. The summed E-state index contributed by atoms with van der Waals surface area (Å²) in [6.45, 7) is 13.4. The van der Waals surface area contributed by atoms with Crippen molar-refractivity contribution in [2.24, 2.45) is 11.3 Å². The molecule has 90 valence electrons. The Bertz CT molecular complexity index is 166. The zero-order valence-electron chi connectivity index (χ0n) is 11.2. The fraction of sp³-hybridized carbons (Fsp3) is 1.00. The van der Waals surface area contributed by atoms with Gasteiger partial charge in [0.05, 0.1) is 0 Å². The van der Waals surface area contributed by atoms with Crippen molar-refractivity contribution in [2.45, 2.75) is 59.8 Å². The van der Waals surface area contributed by atoms with Crippen LogP contribution in [0.15, 0.2) is 0 Å². The Labute approximate surface area is 96.2 Å². The number of rotatable bonds is 5. The van der Waals surface area contributed by atoms with Gasteiger partial charge in [0.25, 0.3) is 0 Å². The zero-order valence-corrected chi connectivity index (χ0v) is 11.2. The molecule has 0 spiro atoms. The molecule has 0 N–H and O–H groups in total. The molecule has 1 heteroatoms. The van der Waals surface area contributed by atoms with Crippen LogP contribution in [0.2, 0.25) is 0 Å². The van der Waals surface area contributed by atoms with Crippen molar-refractivity contribution in [3.63, 3.8) is 0 Å². The SMILES string of the molecule is CCCCC(C)(C)C1CCN(CC)CC1. The lowest BCUT2D eigenvalue weighted by Crippen LogP contribution is -2.38. The van der Waals surface area contributed by atoms with Gasteiger partial charge >= 0.3 is 0 Å². The average Bonchev–Trinajstić information content (AvgIpc) is 2.26. The molecule has 1 saturated heterocycles. The van der Waals surface area contributed by atoms with Crippen molar-refractivity contribution >= 4 is 0 Å². The van der Waals surface area contributed by atoms with Crippen molar-refractivity contribution < 1.29 is 0 Å². The van der Waals surface area contributed by atoms with Gasteiger partial charge in [-0.25, -0.2) is 0 Å². The van der Waals surface area contributed by atoms with Crippen LogP contribution in [0.3, 0.4) is 0 Å². The Morgan fingerprint density at radius 2 is 1.73 bits per heavy atom. The maximum absolute atomic E-state index is 2.59. The molecule has 1 fully saturated rings. The molecule has 0 unspecified atom stereocenters. The van der Waals surface area contributed by atoms with Gasteiger partial charge in [-0.2, -0.15) is 0 Å². The topological polar surface area (TPSA) is 3.24 Å². The van der Waals surface area contributed by atoms with Crippen LogP contribution in [0.25, 0.3) is 0 Å². The summed E-state index contributed by atoms with van der Waals surface area (Å²) in [5, 5.41) is 0. The largest absolute Gasteiger partial charge is 0.304 e. The van der Waals surface area contributed by atoms with Crippen LogP contribution in [-0.4, -0.2) is 24.5 Å². The summed E-state index contributed by atoms with van der Waals surface area (Å²) in [4.78, 5) is 2.59. The normalized spacial score (nSPS) is 20.8. The van der Waals surface area contributed by atoms with Crippen LogP contribution in [-0.2, 0) is 0 Å². The quantitative estimate of drug-likeness (QED) is 0.666. The number of likely N-dealkylation sites (tertiary alicyclic amines) is 1. The van der Waals surface area contributed by atoms with E-state index in [-0.39, 0.29) is 0 Å². The molecule has 1 rings (SSSR count). The summed E-state index contributed by atoms with van der Waals surface area (Å²) in [5.74, 6) is 0.965. The summed E-state index contributed by atoms with van der Waals surface area (Å²) < 4.78 is 0. The molecule has 1 heterocycles. The van der Waals surface area contributed by atoms with E-state index in [1.165, 1.54) is 51.7 Å². The molecular formula is C14H29N. The first-order valence-electron chi connectivity index (χ1n) is 6.82. The van der Waals surface area contributed by atoms with Crippen molar-refractivity contribution in [1.82, 2.24) is 4.90 Å². The smallest absolute Gasteiger partial charge is 0.00160 e. The second-order valence-electron chi connectivity index (χ2n) is 5.80. The van der Waals surface area contributed by atoms with Crippen LogP contribution in [0.4, 0.5) is 0 Å². The van der Waals surface area contributed by atoms with Gasteiger partial charge in [0.1, 0.15) is 0 Å². The van der Waals surface area contributed by atoms with E-state index in [1.807, 2.05) is 0 Å². The molecule has 1 aliphatic rings. The lowest BCUT2D eigenvalue weighted by Gasteiger charge is -2.40. The van der Waals surface area contributed by atoms with E-state index < -0.39 is 0 Å². The third-order valence-electron chi connectivity index (χ3n) is 4.31. The summed E-state index contributed by atoms with van der Waals surface area (Å²) in [6, 6.07) is 0. The molecular weight excluding hydrogens is 182 g/mol. The Balaban J connectivity index is 2.37. The predicted molar refractivity (Wildman–Crippen MR) is 68.1 cm³/mol. The van der Waals surface area contributed by atoms with Gasteiger partial charge < -0.3 is 4.90 Å². The average molecular weight is 211 g/mol. The molecule has 0 saturated carbocycles. The molecule has 0 atom stereocenters. The Hall–Kier alpha value is -0.0400. The molecule has 0 aromatic heterocycles. The first-order valence-corrected chi connectivity index (χ1v) is 6.82. The van der Waals surface area contributed by atoms with Gasteiger partial charge in [0.15, 0.2) is 0 Å². The maximum Gasteiger partial charge on any atom is -0.00160 e. The number of nitrogens with zero attached hydrogens (tertiary/aromatic N) is 1. The van der Waals surface area contributed by atoms with Gasteiger partial charge in [0, 0.05) is 0 Å². The lowest BCUT2D eigenvalue weighted by atomic mass is 9.71. The molecule has 15 heavy (non-hydrogen) atoms. The van der Waals surface area contributed by atoms with E-state index in [4.69, 9.17) is 0 Å². The van der Waals surface area contributed by atoms with Crippen LogP contribution >= 0.6 is 0 Å². The van der Waals surface area contributed by atoms with E-state index >= 15 is 0 Å². The van der Waals surface area contributed by atoms with Crippen LogP contribution < -0.4 is 0 Å². The standard InChI is InChI=1S/C14H29N/c1-5-7-10-14(3,4)13-8-11-15(6-2)12-9-13/h13H,5-12H2,1-4H3. The highest BCUT2D eigenvalue weighted by atomic mass is 15.1. The van der Waals surface area contributed by atoms with Gasteiger partial charge in [0.2, 0.25) is 0 Å². The first kappa shape index (κ1) is 13.0. The van der Waals surface area contributed by atoms with Crippen molar-refractivity contribution in [2.75, 3.05) is 19.6 Å². The molecule has 0 bridgehead atoms. The predicted octanol–water partition coefficient (Wildman–Crippen LogP) is 3.93. The Morgan fingerprint density at radius 3 is 2.20 bits per heavy atom. The lowest BCUT2D eigenvalue weighted by molar-refractivity contribution is 0.0949. The highest BCUT2D eigenvalue weighted by Crippen LogP contribution is 2.38. The van der Waals surface area contributed by atoms with E-state index in [2.05, 4.69) is 32.6 Å². The second kappa shape index (κ2) is 5.89. The Morgan fingerprint density at radius 1 is 1.13 bits per heavy atom. The number of piperidine rings is 1. The summed E-state index contributed by atoms with van der Waals surface area (Å²) >= 11 is 0. The van der Waals surface area contributed by atoms with Crippen molar-refractivity contribution in [1.29, 1.82) is 0 Å². The summed E-state index contributed by atoms with van der Waals surface area (Å²) in [6.07, 6.45) is 7.01. The minimum Gasteiger partial charge on any atom is -0.304 e. The molecule has 1 nitrogen and oxygen atoms in total. The minimum atomic E-state index is 0.579. The van der Waals surface area contributed by atoms with E-state index in [0.717, 1.165) is 5.92 Å².